The van der Waals surface area contributed by atoms with Crippen molar-refractivity contribution in [2.45, 2.75) is 60.5 Å². The van der Waals surface area contributed by atoms with Gasteiger partial charge < -0.3 is 41.5 Å². The van der Waals surface area contributed by atoms with Crippen molar-refractivity contribution in [1.29, 1.82) is 0 Å². The SMILES string of the molecule is CC(C)[C@]1(N)C(=O)N2C(=C[C@]3(C45c6ccccc6N[C@H]4N4C(=O)[C@H](CO)N(C)C(=O)[C@@]4(O)[C@H]5O)c4ccccc4N[C@H]23)C(=O)N1C. The van der Waals surface area contributed by atoms with Crippen molar-refractivity contribution in [2.24, 2.45) is 11.7 Å². The van der Waals surface area contributed by atoms with Gasteiger partial charge in [-0.3, -0.25) is 29.0 Å². The Kier molecular flexibility index (Phi) is 5.44. The summed E-state index contributed by atoms with van der Waals surface area (Å²) in [5.41, 5.74) is 1.12. The van der Waals surface area contributed by atoms with Gasteiger partial charge in [-0.15, -0.1) is 0 Å². The van der Waals surface area contributed by atoms with Gasteiger partial charge in [-0.1, -0.05) is 50.2 Å². The molecule has 8 atom stereocenters. The van der Waals surface area contributed by atoms with Crippen LogP contribution >= 0.6 is 0 Å². The molecule has 0 aliphatic carbocycles. The van der Waals surface area contributed by atoms with Gasteiger partial charge in [0.2, 0.25) is 0 Å². The molecule has 4 amide bonds. The summed E-state index contributed by atoms with van der Waals surface area (Å²) < 4.78 is 0. The molecule has 14 nitrogen and oxygen atoms in total. The fourth-order valence-corrected chi connectivity index (χ4v) is 9.21. The summed E-state index contributed by atoms with van der Waals surface area (Å²) in [6.45, 7) is 2.79. The molecule has 3 fully saturated rings. The predicted molar refractivity (Wildman–Crippen MR) is 162 cm³/mol. The molecule has 2 aromatic rings. The van der Waals surface area contributed by atoms with Crippen molar-refractivity contribution in [2.75, 3.05) is 31.3 Å². The molecule has 6 aliphatic heterocycles. The quantitative estimate of drug-likeness (QED) is 0.235. The molecular formula is C32H35N7O7. The average Bonchev–Trinajstić information content (AvgIpc) is 3.71. The Morgan fingerprint density at radius 2 is 1.50 bits per heavy atom. The van der Waals surface area contributed by atoms with E-state index >= 15 is 0 Å². The number of para-hydroxylation sites is 2. The number of aliphatic hydroxyl groups excluding tert-OH is 2. The third kappa shape index (κ3) is 2.69. The van der Waals surface area contributed by atoms with Gasteiger partial charge in [-0.05, 0) is 35.3 Å². The van der Waals surface area contributed by atoms with Crippen LogP contribution < -0.4 is 16.4 Å². The van der Waals surface area contributed by atoms with Gasteiger partial charge in [-0.2, -0.15) is 0 Å². The van der Waals surface area contributed by atoms with Crippen LogP contribution in [0.15, 0.2) is 60.3 Å². The van der Waals surface area contributed by atoms with Gasteiger partial charge in [0.05, 0.1) is 17.4 Å². The highest BCUT2D eigenvalue weighted by Gasteiger charge is 2.84. The molecule has 14 heteroatoms. The largest absolute Gasteiger partial charge is 0.394 e. The van der Waals surface area contributed by atoms with E-state index in [0.29, 0.717) is 22.5 Å². The van der Waals surface area contributed by atoms with E-state index in [4.69, 9.17) is 5.73 Å². The van der Waals surface area contributed by atoms with Crippen molar-refractivity contribution >= 4 is 35.0 Å². The van der Waals surface area contributed by atoms with E-state index < -0.39 is 82.8 Å². The zero-order chi connectivity index (χ0) is 32.9. The van der Waals surface area contributed by atoms with Crippen LogP contribution in [-0.2, 0) is 30.0 Å². The molecule has 6 aliphatic rings. The molecule has 240 valence electrons. The fourth-order valence-electron chi connectivity index (χ4n) is 9.21. The fraction of sp³-hybridized carbons (Fsp3) is 0.438. The van der Waals surface area contributed by atoms with Gasteiger partial charge in [0.1, 0.15) is 30.2 Å². The number of amides is 4. The van der Waals surface area contributed by atoms with Crippen molar-refractivity contribution < 1.29 is 34.5 Å². The second-order valence-corrected chi connectivity index (χ2v) is 13.4. The van der Waals surface area contributed by atoms with E-state index in [1.807, 2.05) is 6.07 Å². The lowest BCUT2D eigenvalue weighted by molar-refractivity contribution is -0.209. The minimum Gasteiger partial charge on any atom is -0.394 e. The third-order valence-electron chi connectivity index (χ3n) is 11.5. The van der Waals surface area contributed by atoms with Crippen molar-refractivity contribution in [1.82, 2.24) is 19.6 Å². The lowest BCUT2D eigenvalue weighted by Gasteiger charge is -2.51. The number of likely N-dealkylation sites (N-methyl/N-ethyl adjacent to an activating group) is 2. The highest BCUT2D eigenvalue weighted by Crippen LogP contribution is 2.69. The van der Waals surface area contributed by atoms with E-state index in [0.717, 1.165) is 9.80 Å². The molecule has 1 unspecified atom stereocenters. The second-order valence-electron chi connectivity index (χ2n) is 13.4. The molecule has 6 heterocycles. The van der Waals surface area contributed by atoms with Crippen LogP contribution in [0.3, 0.4) is 0 Å². The first-order valence-corrected chi connectivity index (χ1v) is 15.2. The topological polar surface area (TPSA) is 192 Å². The Balaban J connectivity index is 1.48. The molecular weight excluding hydrogens is 594 g/mol. The van der Waals surface area contributed by atoms with Gasteiger partial charge in [0, 0.05) is 25.5 Å². The van der Waals surface area contributed by atoms with Gasteiger partial charge in [0.25, 0.3) is 29.4 Å². The lowest BCUT2D eigenvalue weighted by atomic mass is 9.54. The zero-order valence-corrected chi connectivity index (χ0v) is 25.6. The minimum absolute atomic E-state index is 0.0193. The van der Waals surface area contributed by atoms with Gasteiger partial charge in [-0.25, -0.2) is 0 Å². The molecule has 0 radical (unpaired) electrons. The number of fused-ring (bicyclic) bond motifs is 11. The summed E-state index contributed by atoms with van der Waals surface area (Å²) >= 11 is 0. The number of benzene rings is 2. The standard InChI is InChI=1S/C32H35N7O7/c1-15(2)31(33)27(44)38-20(22(41)37(31)4)13-29(16-9-5-7-11-18(16)34-25(29)38)30-17-10-6-8-12-19(17)35-26(30)39-23(42)21(14-40)36(3)28(45)32(39,46)24(30)43/h5-13,15,21,24-26,34-35,40,43,46H,14,33H2,1-4H3/t21-,24-,25+,26-,29-,30?,31+,32-/m0/s1. The first kappa shape index (κ1) is 28.9. The van der Waals surface area contributed by atoms with Gasteiger partial charge in [0.15, 0.2) is 5.66 Å². The molecule has 0 saturated carbocycles. The van der Waals surface area contributed by atoms with Crippen molar-refractivity contribution in [3.8, 4) is 0 Å². The number of piperazine rings is 2. The number of hydrogen-bond donors (Lipinski definition) is 6. The molecule has 0 bridgehead atoms. The number of carbonyl (C=O) groups is 4. The van der Waals surface area contributed by atoms with Crippen LogP contribution in [0.2, 0.25) is 0 Å². The Hall–Kier alpha value is -4.50. The first-order chi connectivity index (χ1) is 21.8. The van der Waals surface area contributed by atoms with Crippen LogP contribution in [-0.4, -0.2) is 115 Å². The van der Waals surface area contributed by atoms with Crippen LogP contribution in [0.25, 0.3) is 0 Å². The van der Waals surface area contributed by atoms with E-state index in [2.05, 4.69) is 10.6 Å². The number of nitrogens with two attached hydrogens (primary N) is 1. The molecule has 2 aromatic carbocycles. The summed E-state index contributed by atoms with van der Waals surface area (Å²) in [6, 6.07) is 12.9. The monoisotopic (exact) mass is 629 g/mol. The van der Waals surface area contributed by atoms with Crippen LogP contribution in [0.4, 0.5) is 11.4 Å². The van der Waals surface area contributed by atoms with E-state index in [9.17, 15) is 34.5 Å². The van der Waals surface area contributed by atoms with E-state index in [-0.39, 0.29) is 5.70 Å². The third-order valence-corrected chi connectivity index (χ3v) is 11.5. The Labute approximate surface area is 264 Å². The van der Waals surface area contributed by atoms with Gasteiger partial charge >= 0.3 is 0 Å². The summed E-state index contributed by atoms with van der Waals surface area (Å²) in [5.74, 6) is -3.31. The number of nitrogens with one attached hydrogen (secondary N) is 2. The first-order valence-electron chi connectivity index (χ1n) is 15.2. The molecule has 0 aromatic heterocycles. The summed E-state index contributed by atoms with van der Waals surface area (Å²) in [4.78, 5) is 61.5. The maximum atomic E-state index is 14.6. The summed E-state index contributed by atoms with van der Waals surface area (Å²) in [7, 11) is 2.76. The smallest absolute Gasteiger partial charge is 0.279 e. The highest BCUT2D eigenvalue weighted by molar-refractivity contribution is 6.09. The maximum absolute atomic E-state index is 14.6. The highest BCUT2D eigenvalue weighted by atomic mass is 16.4. The normalized spacial score (nSPS) is 38.7. The zero-order valence-electron chi connectivity index (χ0n) is 25.6. The Bertz CT molecular complexity index is 1820. The number of hydrogen-bond acceptors (Lipinski definition) is 10. The van der Waals surface area contributed by atoms with Crippen LogP contribution in [0, 0.1) is 5.92 Å². The molecule has 7 N–H and O–H groups in total. The average molecular weight is 630 g/mol. The van der Waals surface area contributed by atoms with E-state index in [1.54, 1.807) is 62.4 Å². The Morgan fingerprint density at radius 1 is 0.913 bits per heavy atom. The Morgan fingerprint density at radius 3 is 2.13 bits per heavy atom. The minimum atomic E-state index is -2.78. The van der Waals surface area contributed by atoms with E-state index in [1.165, 1.54) is 23.9 Å². The molecule has 8 rings (SSSR count). The van der Waals surface area contributed by atoms with Crippen molar-refractivity contribution in [3.05, 3.63) is 71.4 Å². The van der Waals surface area contributed by atoms with Crippen LogP contribution in [0.5, 0.6) is 0 Å². The number of aliphatic hydroxyl groups is 3. The van der Waals surface area contributed by atoms with Crippen LogP contribution in [0.1, 0.15) is 25.0 Å². The maximum Gasteiger partial charge on any atom is 0.279 e. The summed E-state index contributed by atoms with van der Waals surface area (Å²) in [6.07, 6.45) is -2.70. The van der Waals surface area contributed by atoms with Crippen molar-refractivity contribution in [3.63, 3.8) is 0 Å². The number of nitrogens with zero attached hydrogens (tertiary/aromatic N) is 4. The summed E-state index contributed by atoms with van der Waals surface area (Å²) in [5, 5.41) is 42.1. The molecule has 46 heavy (non-hydrogen) atoms. The predicted octanol–water partition coefficient (Wildman–Crippen LogP) is -1.40. The number of carbonyl (C=O) groups excluding carboxylic acids is 4. The second kappa shape index (κ2) is 8.64. The molecule has 0 spiro atoms. The number of anilines is 2. The number of rotatable bonds is 3. The molecule has 3 saturated heterocycles. The lowest BCUT2D eigenvalue weighted by Crippen LogP contribution is -2.75.